The number of hydrogen-bond acceptors (Lipinski definition) is 6. The Hall–Kier alpha value is -2.60. The fraction of sp³-hybridized carbons (Fsp3) is 0.385. The summed E-state index contributed by atoms with van der Waals surface area (Å²) in [5.41, 5.74) is 3.14. The lowest BCUT2D eigenvalue weighted by Gasteiger charge is -2.15. The van der Waals surface area contributed by atoms with Gasteiger partial charge in [0, 0.05) is 16.3 Å². The molecule has 0 aliphatic carbocycles. The first-order valence-electron chi connectivity index (χ1n) is 11.8. The molecular weight excluding hydrogens is 589 g/mol. The van der Waals surface area contributed by atoms with E-state index in [1.165, 1.54) is 17.3 Å². The predicted molar refractivity (Wildman–Crippen MR) is 151 cm³/mol. The van der Waals surface area contributed by atoms with E-state index in [2.05, 4.69) is 70.3 Å². The van der Waals surface area contributed by atoms with Gasteiger partial charge in [-0.15, -0.1) is 10.2 Å². The van der Waals surface area contributed by atoms with Gasteiger partial charge in [0.1, 0.15) is 5.75 Å². The summed E-state index contributed by atoms with van der Waals surface area (Å²) >= 11 is 3.57. The zero-order chi connectivity index (χ0) is 26.2. The molecule has 2 amide bonds. The molecule has 0 bridgehead atoms. The molecule has 0 saturated heterocycles. The summed E-state index contributed by atoms with van der Waals surface area (Å²) in [6, 6.07) is 13.7. The standard InChI is InChI=1S/C26H32IN5O3S/c1-6-18-7-10-20(11-8-18)35-17(4)25(34)28-14-23-30-31-26(32(23)5)36-15-24(33)29-22-12-9-19(27)13-21(22)16(2)3/h7-13,16-17H,6,14-15H2,1-5H3,(H,28,34)(H,29,33)/t17-/m1/s1. The number of benzene rings is 2. The van der Waals surface area contributed by atoms with Gasteiger partial charge in [-0.25, -0.2) is 0 Å². The van der Waals surface area contributed by atoms with Crippen molar-refractivity contribution in [2.75, 3.05) is 11.1 Å². The smallest absolute Gasteiger partial charge is 0.261 e. The topological polar surface area (TPSA) is 98.1 Å². The highest BCUT2D eigenvalue weighted by Crippen LogP contribution is 2.27. The third kappa shape index (κ3) is 7.70. The molecule has 36 heavy (non-hydrogen) atoms. The summed E-state index contributed by atoms with van der Waals surface area (Å²) in [4.78, 5) is 25.1. The largest absolute Gasteiger partial charge is 0.481 e. The first kappa shape index (κ1) is 28.0. The van der Waals surface area contributed by atoms with Crippen LogP contribution in [-0.4, -0.2) is 38.4 Å². The molecule has 2 N–H and O–H groups in total. The number of aryl methyl sites for hydroxylation is 1. The molecule has 3 rings (SSSR count). The van der Waals surface area contributed by atoms with Crippen molar-refractivity contribution in [3.63, 3.8) is 0 Å². The van der Waals surface area contributed by atoms with Gasteiger partial charge < -0.3 is 19.9 Å². The zero-order valence-electron chi connectivity index (χ0n) is 21.2. The minimum atomic E-state index is -0.653. The van der Waals surface area contributed by atoms with Crippen LogP contribution in [0, 0.1) is 3.57 Å². The molecule has 0 radical (unpaired) electrons. The van der Waals surface area contributed by atoms with E-state index in [4.69, 9.17) is 4.74 Å². The average Bonchev–Trinajstić information content (AvgIpc) is 3.21. The monoisotopic (exact) mass is 621 g/mol. The first-order chi connectivity index (χ1) is 17.2. The molecule has 1 heterocycles. The van der Waals surface area contributed by atoms with Crippen molar-refractivity contribution in [2.45, 2.75) is 57.8 Å². The SMILES string of the molecule is CCc1ccc(O[C@H](C)C(=O)NCc2nnc(SCC(=O)Nc3ccc(I)cc3C(C)C)n2C)cc1. The second-order valence-corrected chi connectivity index (χ2v) is 10.8. The fourth-order valence-electron chi connectivity index (χ4n) is 3.44. The van der Waals surface area contributed by atoms with Crippen molar-refractivity contribution >= 4 is 51.9 Å². The van der Waals surface area contributed by atoms with E-state index in [1.807, 2.05) is 43.4 Å². The lowest BCUT2D eigenvalue weighted by Crippen LogP contribution is -2.36. The van der Waals surface area contributed by atoms with Crippen molar-refractivity contribution in [1.29, 1.82) is 0 Å². The van der Waals surface area contributed by atoms with Crippen LogP contribution in [0.1, 0.15) is 50.6 Å². The number of halogens is 1. The van der Waals surface area contributed by atoms with Gasteiger partial charge in [0.05, 0.1) is 12.3 Å². The van der Waals surface area contributed by atoms with Crippen LogP contribution in [0.15, 0.2) is 47.6 Å². The van der Waals surface area contributed by atoms with E-state index < -0.39 is 6.10 Å². The number of aromatic nitrogens is 3. The minimum Gasteiger partial charge on any atom is -0.481 e. The molecule has 192 valence electrons. The summed E-state index contributed by atoms with van der Waals surface area (Å²) in [7, 11) is 1.81. The van der Waals surface area contributed by atoms with E-state index >= 15 is 0 Å². The second kappa shape index (κ2) is 13.1. The number of nitrogens with zero attached hydrogens (tertiary/aromatic N) is 3. The van der Waals surface area contributed by atoms with E-state index in [1.54, 1.807) is 11.5 Å². The predicted octanol–water partition coefficient (Wildman–Crippen LogP) is 4.92. The van der Waals surface area contributed by atoms with Gasteiger partial charge in [0.25, 0.3) is 5.91 Å². The van der Waals surface area contributed by atoms with Crippen LogP contribution in [-0.2, 0) is 29.6 Å². The number of hydrogen-bond donors (Lipinski definition) is 2. The Kier molecular flexibility index (Phi) is 10.2. The van der Waals surface area contributed by atoms with Gasteiger partial charge in [-0.3, -0.25) is 9.59 Å². The van der Waals surface area contributed by atoms with E-state index in [0.29, 0.717) is 22.6 Å². The molecule has 2 aromatic carbocycles. The molecule has 0 saturated carbocycles. The van der Waals surface area contributed by atoms with Crippen LogP contribution in [0.4, 0.5) is 5.69 Å². The zero-order valence-corrected chi connectivity index (χ0v) is 24.1. The first-order valence-corrected chi connectivity index (χ1v) is 13.9. The van der Waals surface area contributed by atoms with Crippen LogP contribution < -0.4 is 15.4 Å². The van der Waals surface area contributed by atoms with Gasteiger partial charge in [-0.1, -0.05) is 44.7 Å². The molecule has 0 fully saturated rings. The molecule has 3 aromatic rings. The highest BCUT2D eigenvalue weighted by Gasteiger charge is 2.17. The molecule has 8 nitrogen and oxygen atoms in total. The van der Waals surface area contributed by atoms with E-state index in [-0.39, 0.29) is 24.1 Å². The Morgan fingerprint density at radius 2 is 1.83 bits per heavy atom. The Morgan fingerprint density at radius 3 is 2.50 bits per heavy atom. The number of nitrogens with one attached hydrogen (secondary N) is 2. The molecule has 1 atom stereocenters. The molecular formula is C26H32IN5O3S. The molecule has 0 aliphatic heterocycles. The Balaban J connectivity index is 1.49. The van der Waals surface area contributed by atoms with E-state index in [0.717, 1.165) is 21.2 Å². The number of ether oxygens (including phenoxy) is 1. The lowest BCUT2D eigenvalue weighted by atomic mass is 10.0. The van der Waals surface area contributed by atoms with Gasteiger partial charge >= 0.3 is 0 Å². The third-order valence-corrected chi connectivity index (χ3v) is 7.29. The highest BCUT2D eigenvalue weighted by molar-refractivity contribution is 14.1. The Bertz CT molecular complexity index is 1200. The van der Waals surface area contributed by atoms with Crippen LogP contribution in [0.2, 0.25) is 0 Å². The summed E-state index contributed by atoms with van der Waals surface area (Å²) in [6.45, 7) is 8.21. The number of anilines is 1. The van der Waals surface area contributed by atoms with Crippen LogP contribution >= 0.6 is 34.4 Å². The van der Waals surface area contributed by atoms with Crippen molar-refractivity contribution in [2.24, 2.45) is 7.05 Å². The second-order valence-electron chi connectivity index (χ2n) is 8.66. The van der Waals surface area contributed by atoms with Gasteiger partial charge in [-0.05, 0) is 83.3 Å². The fourth-order valence-corrected chi connectivity index (χ4v) is 4.68. The Morgan fingerprint density at radius 1 is 1.11 bits per heavy atom. The maximum atomic E-state index is 12.6. The molecule has 0 unspecified atom stereocenters. The highest BCUT2D eigenvalue weighted by atomic mass is 127. The van der Waals surface area contributed by atoms with Crippen molar-refractivity contribution < 1.29 is 14.3 Å². The molecule has 0 aliphatic rings. The number of amides is 2. The van der Waals surface area contributed by atoms with Gasteiger partial charge in [0.2, 0.25) is 5.91 Å². The number of thioether (sulfide) groups is 1. The number of carbonyl (C=O) groups excluding carboxylic acids is 2. The normalized spacial score (nSPS) is 11.9. The van der Waals surface area contributed by atoms with Crippen molar-refractivity contribution in [1.82, 2.24) is 20.1 Å². The van der Waals surface area contributed by atoms with Gasteiger partial charge in [-0.2, -0.15) is 0 Å². The summed E-state index contributed by atoms with van der Waals surface area (Å²) < 4.78 is 8.65. The minimum absolute atomic E-state index is 0.112. The maximum Gasteiger partial charge on any atom is 0.261 e. The van der Waals surface area contributed by atoms with Gasteiger partial charge in [0.15, 0.2) is 17.1 Å². The number of rotatable bonds is 11. The summed E-state index contributed by atoms with van der Waals surface area (Å²) in [5.74, 6) is 1.38. The van der Waals surface area contributed by atoms with Crippen LogP contribution in [0.25, 0.3) is 0 Å². The van der Waals surface area contributed by atoms with Crippen LogP contribution in [0.3, 0.4) is 0 Å². The quantitative estimate of drug-likeness (QED) is 0.233. The maximum absolute atomic E-state index is 12.6. The molecule has 1 aromatic heterocycles. The van der Waals surface area contributed by atoms with Crippen molar-refractivity contribution in [3.8, 4) is 5.75 Å². The summed E-state index contributed by atoms with van der Waals surface area (Å²) in [5, 5.41) is 14.8. The van der Waals surface area contributed by atoms with Crippen molar-refractivity contribution in [3.05, 3.63) is 63.0 Å². The molecule has 0 spiro atoms. The summed E-state index contributed by atoms with van der Waals surface area (Å²) in [6.07, 6.45) is 0.296. The number of carbonyl (C=O) groups is 2. The lowest BCUT2D eigenvalue weighted by molar-refractivity contribution is -0.127. The third-order valence-electron chi connectivity index (χ3n) is 5.60. The van der Waals surface area contributed by atoms with E-state index in [9.17, 15) is 9.59 Å². The Labute approximate surface area is 230 Å². The average molecular weight is 622 g/mol. The molecule has 10 heteroatoms. The van der Waals surface area contributed by atoms with Crippen LogP contribution in [0.5, 0.6) is 5.75 Å².